The molecule has 0 saturated heterocycles. The fraction of sp³-hybridized carbons (Fsp3) is 0.222. The largest absolute Gasteiger partial charge is 0.352 e. The maximum atomic E-state index is 13.2. The molecule has 23 heavy (non-hydrogen) atoms. The number of carbonyl (C=O) groups is 2. The summed E-state index contributed by atoms with van der Waals surface area (Å²) in [5, 5.41) is 5.46. The van der Waals surface area contributed by atoms with Gasteiger partial charge in [-0.15, -0.1) is 0 Å². The number of anilines is 1. The molecule has 2 amide bonds. The molecule has 2 rings (SSSR count). The Morgan fingerprint density at radius 2 is 1.91 bits per heavy atom. The van der Waals surface area contributed by atoms with Gasteiger partial charge in [0.2, 0.25) is 5.91 Å². The van der Waals surface area contributed by atoms with Crippen molar-refractivity contribution in [1.29, 1.82) is 0 Å². The average Bonchev–Trinajstić information content (AvgIpc) is 2.50. The minimum atomic E-state index is -0.229. The van der Waals surface area contributed by atoms with Gasteiger partial charge in [0.1, 0.15) is 5.82 Å². The van der Waals surface area contributed by atoms with E-state index in [1.54, 1.807) is 43.3 Å². The lowest BCUT2D eigenvalue weighted by Gasteiger charge is -2.08. The zero-order valence-corrected chi connectivity index (χ0v) is 13.2. The normalized spacial score (nSPS) is 10.2. The summed E-state index contributed by atoms with van der Waals surface area (Å²) >= 11 is 0. The summed E-state index contributed by atoms with van der Waals surface area (Å²) in [5.74, 6) is -0.627. The van der Waals surface area contributed by atoms with E-state index in [0.29, 0.717) is 29.8 Å². The van der Waals surface area contributed by atoms with Crippen LogP contribution in [-0.2, 0) is 11.2 Å². The van der Waals surface area contributed by atoms with Crippen LogP contribution in [0.2, 0.25) is 0 Å². The molecule has 0 fully saturated rings. The third-order valence-electron chi connectivity index (χ3n) is 3.37. The van der Waals surface area contributed by atoms with Crippen molar-refractivity contribution in [3.63, 3.8) is 0 Å². The fourth-order valence-electron chi connectivity index (χ4n) is 2.23. The molecule has 4 nitrogen and oxygen atoms in total. The fourth-order valence-corrected chi connectivity index (χ4v) is 2.23. The van der Waals surface area contributed by atoms with Crippen molar-refractivity contribution in [3.05, 3.63) is 65.0 Å². The Hall–Kier alpha value is -2.69. The lowest BCUT2D eigenvalue weighted by Crippen LogP contribution is -2.25. The molecule has 120 valence electrons. The number of hydrogen-bond acceptors (Lipinski definition) is 2. The molecular formula is C18H19FN2O2. The summed E-state index contributed by atoms with van der Waals surface area (Å²) in [4.78, 5) is 23.1. The van der Waals surface area contributed by atoms with Gasteiger partial charge in [0.15, 0.2) is 0 Å². The number of rotatable bonds is 5. The summed E-state index contributed by atoms with van der Waals surface area (Å²) in [7, 11) is 0. The van der Waals surface area contributed by atoms with Gasteiger partial charge in [-0.05, 0) is 48.7 Å². The predicted molar refractivity (Wildman–Crippen MR) is 87.9 cm³/mol. The van der Waals surface area contributed by atoms with E-state index in [1.165, 1.54) is 13.0 Å². The first-order chi connectivity index (χ1) is 11.0. The van der Waals surface area contributed by atoms with E-state index in [2.05, 4.69) is 10.6 Å². The molecule has 0 aliphatic heterocycles. The van der Waals surface area contributed by atoms with Crippen LogP contribution < -0.4 is 10.6 Å². The van der Waals surface area contributed by atoms with Crippen molar-refractivity contribution < 1.29 is 14.0 Å². The number of hydrogen-bond donors (Lipinski definition) is 2. The molecule has 2 N–H and O–H groups in total. The number of benzene rings is 2. The Bertz CT molecular complexity index is 729. The second-order valence-corrected chi connectivity index (χ2v) is 5.35. The monoisotopic (exact) mass is 314 g/mol. The van der Waals surface area contributed by atoms with Gasteiger partial charge in [0, 0.05) is 24.7 Å². The Morgan fingerprint density at radius 3 is 2.61 bits per heavy atom. The van der Waals surface area contributed by atoms with Gasteiger partial charge in [0.05, 0.1) is 0 Å². The average molecular weight is 314 g/mol. The van der Waals surface area contributed by atoms with Crippen LogP contribution >= 0.6 is 0 Å². The first-order valence-electron chi connectivity index (χ1n) is 7.36. The molecule has 2 aromatic rings. The number of halogens is 1. The molecule has 0 aromatic heterocycles. The Kier molecular flexibility index (Phi) is 5.46. The minimum absolute atomic E-state index is 0.186. The molecule has 2 aromatic carbocycles. The van der Waals surface area contributed by atoms with Gasteiger partial charge >= 0.3 is 0 Å². The highest BCUT2D eigenvalue weighted by Gasteiger charge is 2.07. The highest BCUT2D eigenvalue weighted by atomic mass is 19.1. The van der Waals surface area contributed by atoms with Gasteiger partial charge in [-0.2, -0.15) is 0 Å². The smallest absolute Gasteiger partial charge is 0.251 e. The molecule has 0 heterocycles. The van der Waals surface area contributed by atoms with Gasteiger partial charge in [0.25, 0.3) is 5.91 Å². The molecule has 0 aliphatic carbocycles. The van der Waals surface area contributed by atoms with Gasteiger partial charge in [-0.1, -0.05) is 18.2 Å². The van der Waals surface area contributed by atoms with Gasteiger partial charge in [-0.25, -0.2) is 4.39 Å². The predicted octanol–water partition coefficient (Wildman–Crippen LogP) is 3.07. The number of amides is 2. The maximum absolute atomic E-state index is 13.2. The van der Waals surface area contributed by atoms with Crippen LogP contribution in [0.25, 0.3) is 0 Å². The zero-order valence-electron chi connectivity index (χ0n) is 13.2. The van der Waals surface area contributed by atoms with Crippen molar-refractivity contribution in [2.45, 2.75) is 20.3 Å². The van der Waals surface area contributed by atoms with Crippen LogP contribution in [0, 0.1) is 12.7 Å². The van der Waals surface area contributed by atoms with Crippen LogP contribution in [0.5, 0.6) is 0 Å². The summed E-state index contributed by atoms with van der Waals surface area (Å²) in [6, 6.07) is 11.7. The highest BCUT2D eigenvalue weighted by Crippen LogP contribution is 2.11. The van der Waals surface area contributed by atoms with Gasteiger partial charge < -0.3 is 10.6 Å². The molecular weight excluding hydrogens is 295 g/mol. The zero-order chi connectivity index (χ0) is 16.8. The standard InChI is InChI=1S/C18H19FN2O2/c1-12-10-14(6-7-17(12)19)8-9-20-18(23)15-4-3-5-16(11-15)21-13(2)22/h3-7,10-11H,8-9H2,1-2H3,(H,20,23)(H,21,22). The number of carbonyl (C=O) groups excluding carboxylic acids is 2. The lowest BCUT2D eigenvalue weighted by atomic mass is 10.1. The Balaban J connectivity index is 1.91. The Morgan fingerprint density at radius 1 is 1.13 bits per heavy atom. The second kappa shape index (κ2) is 7.54. The SMILES string of the molecule is CC(=O)Nc1cccc(C(=O)NCCc2ccc(F)c(C)c2)c1. The molecule has 5 heteroatoms. The van der Waals surface area contributed by atoms with Crippen molar-refractivity contribution in [2.75, 3.05) is 11.9 Å². The van der Waals surface area contributed by atoms with Crippen LogP contribution in [0.3, 0.4) is 0 Å². The summed E-state index contributed by atoms with van der Waals surface area (Å²) < 4.78 is 13.2. The highest BCUT2D eigenvalue weighted by molar-refractivity contribution is 5.96. The van der Waals surface area contributed by atoms with Crippen LogP contribution in [0.15, 0.2) is 42.5 Å². The van der Waals surface area contributed by atoms with Crippen molar-refractivity contribution in [3.8, 4) is 0 Å². The van der Waals surface area contributed by atoms with E-state index in [-0.39, 0.29) is 17.6 Å². The van der Waals surface area contributed by atoms with E-state index < -0.39 is 0 Å². The number of nitrogens with one attached hydrogen (secondary N) is 2. The van der Waals surface area contributed by atoms with Gasteiger partial charge in [-0.3, -0.25) is 9.59 Å². The third kappa shape index (κ3) is 4.92. The first kappa shape index (κ1) is 16.7. The second-order valence-electron chi connectivity index (χ2n) is 5.35. The van der Waals surface area contributed by atoms with Crippen molar-refractivity contribution in [1.82, 2.24) is 5.32 Å². The van der Waals surface area contributed by atoms with E-state index in [1.807, 2.05) is 0 Å². The third-order valence-corrected chi connectivity index (χ3v) is 3.37. The molecule has 0 spiro atoms. The molecule has 0 atom stereocenters. The van der Waals surface area contributed by atoms with E-state index in [9.17, 15) is 14.0 Å². The van der Waals surface area contributed by atoms with Crippen molar-refractivity contribution in [2.24, 2.45) is 0 Å². The first-order valence-corrected chi connectivity index (χ1v) is 7.36. The van der Waals surface area contributed by atoms with Crippen LogP contribution in [0.1, 0.15) is 28.4 Å². The quantitative estimate of drug-likeness (QED) is 0.891. The maximum Gasteiger partial charge on any atom is 0.251 e. The molecule has 0 saturated carbocycles. The summed E-state index contributed by atoms with van der Waals surface area (Å²) in [6.45, 7) is 3.58. The summed E-state index contributed by atoms with van der Waals surface area (Å²) in [5.41, 5.74) is 2.62. The Labute approximate surface area is 134 Å². The van der Waals surface area contributed by atoms with E-state index >= 15 is 0 Å². The summed E-state index contributed by atoms with van der Waals surface area (Å²) in [6.07, 6.45) is 0.623. The van der Waals surface area contributed by atoms with Crippen molar-refractivity contribution >= 4 is 17.5 Å². The van der Waals surface area contributed by atoms with Crippen LogP contribution in [0.4, 0.5) is 10.1 Å². The topological polar surface area (TPSA) is 58.2 Å². The van der Waals surface area contributed by atoms with E-state index in [4.69, 9.17) is 0 Å². The lowest BCUT2D eigenvalue weighted by molar-refractivity contribution is -0.114. The van der Waals surface area contributed by atoms with E-state index in [0.717, 1.165) is 5.56 Å². The molecule has 0 bridgehead atoms. The number of aryl methyl sites for hydroxylation is 1. The minimum Gasteiger partial charge on any atom is -0.352 e. The molecule has 0 unspecified atom stereocenters. The molecule has 0 aliphatic rings. The molecule has 0 radical (unpaired) electrons. The van der Waals surface area contributed by atoms with Crippen LogP contribution in [-0.4, -0.2) is 18.4 Å².